The Bertz CT molecular complexity index is 732. The van der Waals surface area contributed by atoms with Gasteiger partial charge in [-0.15, -0.1) is 11.3 Å². The molecule has 1 aromatic carbocycles. The monoisotopic (exact) mass is 413 g/mol. The number of nitro groups is 1. The molecule has 1 aliphatic rings. The number of hydrogen-bond donors (Lipinski definition) is 0. The van der Waals surface area contributed by atoms with E-state index in [1.807, 2.05) is 0 Å². The SMILES string of the molecule is O=[N+]([O-])c1ccc(F)cc1CN1CCN(Cc2ccc(Br)s2)CC1. The lowest BCUT2D eigenvalue weighted by atomic mass is 10.1. The Labute approximate surface area is 152 Å². The third kappa shape index (κ3) is 4.38. The van der Waals surface area contributed by atoms with Crippen molar-refractivity contribution in [1.29, 1.82) is 0 Å². The van der Waals surface area contributed by atoms with Crippen LogP contribution in [0.5, 0.6) is 0 Å². The highest BCUT2D eigenvalue weighted by Crippen LogP contribution is 2.25. The van der Waals surface area contributed by atoms with Gasteiger partial charge in [0.25, 0.3) is 5.69 Å². The average molecular weight is 414 g/mol. The topological polar surface area (TPSA) is 49.6 Å². The molecule has 0 saturated carbocycles. The first-order valence-corrected chi connectivity index (χ1v) is 9.24. The summed E-state index contributed by atoms with van der Waals surface area (Å²) in [6, 6.07) is 7.83. The van der Waals surface area contributed by atoms with Crippen molar-refractivity contribution in [3.05, 3.63) is 60.5 Å². The highest BCUT2D eigenvalue weighted by atomic mass is 79.9. The van der Waals surface area contributed by atoms with Gasteiger partial charge in [0.1, 0.15) is 5.82 Å². The molecule has 2 heterocycles. The predicted molar refractivity (Wildman–Crippen MR) is 95.6 cm³/mol. The molecule has 24 heavy (non-hydrogen) atoms. The van der Waals surface area contributed by atoms with E-state index in [1.54, 1.807) is 11.3 Å². The van der Waals surface area contributed by atoms with Crippen molar-refractivity contribution in [2.24, 2.45) is 0 Å². The van der Waals surface area contributed by atoms with Crippen LogP contribution in [0.1, 0.15) is 10.4 Å². The number of nitrogens with zero attached hydrogens (tertiary/aromatic N) is 3. The van der Waals surface area contributed by atoms with E-state index >= 15 is 0 Å². The van der Waals surface area contributed by atoms with Crippen LogP contribution in [0.4, 0.5) is 10.1 Å². The highest BCUT2D eigenvalue weighted by Gasteiger charge is 2.21. The summed E-state index contributed by atoms with van der Waals surface area (Å²) in [6.45, 7) is 4.77. The summed E-state index contributed by atoms with van der Waals surface area (Å²) in [7, 11) is 0. The molecule has 0 aliphatic carbocycles. The molecule has 1 aliphatic heterocycles. The van der Waals surface area contributed by atoms with Crippen LogP contribution in [0.15, 0.2) is 34.1 Å². The fourth-order valence-corrected chi connectivity index (χ4v) is 4.39. The molecule has 0 amide bonds. The molecular formula is C16H17BrFN3O2S. The number of halogens is 2. The molecule has 1 aromatic heterocycles. The number of thiophene rings is 1. The fraction of sp³-hybridized carbons (Fsp3) is 0.375. The molecule has 0 radical (unpaired) electrons. The van der Waals surface area contributed by atoms with Crippen LogP contribution in [-0.4, -0.2) is 40.9 Å². The van der Waals surface area contributed by atoms with Crippen LogP contribution in [0.25, 0.3) is 0 Å². The first-order valence-electron chi connectivity index (χ1n) is 7.63. The van der Waals surface area contributed by atoms with Crippen LogP contribution in [-0.2, 0) is 13.1 Å². The van der Waals surface area contributed by atoms with Gasteiger partial charge in [-0.05, 0) is 40.2 Å². The summed E-state index contributed by atoms with van der Waals surface area (Å²) in [5.74, 6) is -0.433. The first kappa shape index (κ1) is 17.5. The second-order valence-electron chi connectivity index (χ2n) is 5.79. The predicted octanol–water partition coefficient (Wildman–Crippen LogP) is 3.88. The van der Waals surface area contributed by atoms with Crippen LogP contribution < -0.4 is 0 Å². The number of piperazine rings is 1. The Morgan fingerprint density at radius 2 is 1.79 bits per heavy atom. The van der Waals surface area contributed by atoms with Gasteiger partial charge < -0.3 is 0 Å². The quantitative estimate of drug-likeness (QED) is 0.551. The lowest BCUT2D eigenvalue weighted by molar-refractivity contribution is -0.385. The third-order valence-corrected chi connectivity index (χ3v) is 5.71. The molecule has 0 atom stereocenters. The van der Waals surface area contributed by atoms with Gasteiger partial charge in [0, 0.05) is 55.8 Å². The number of rotatable bonds is 5. The zero-order chi connectivity index (χ0) is 17.1. The zero-order valence-electron chi connectivity index (χ0n) is 13.0. The largest absolute Gasteiger partial charge is 0.296 e. The number of hydrogen-bond acceptors (Lipinski definition) is 5. The molecule has 0 unspecified atom stereocenters. The summed E-state index contributed by atoms with van der Waals surface area (Å²) in [6.07, 6.45) is 0. The number of nitro benzene ring substituents is 1. The molecule has 1 saturated heterocycles. The van der Waals surface area contributed by atoms with E-state index in [9.17, 15) is 14.5 Å². The van der Waals surface area contributed by atoms with E-state index < -0.39 is 10.7 Å². The first-order chi connectivity index (χ1) is 11.5. The molecular weight excluding hydrogens is 397 g/mol. The minimum Gasteiger partial charge on any atom is -0.296 e. The molecule has 5 nitrogen and oxygen atoms in total. The summed E-state index contributed by atoms with van der Waals surface area (Å²) in [5.41, 5.74) is 0.429. The minimum absolute atomic E-state index is 0.0118. The van der Waals surface area contributed by atoms with Crippen molar-refractivity contribution >= 4 is 33.0 Å². The Morgan fingerprint density at radius 1 is 1.12 bits per heavy atom. The van der Waals surface area contributed by atoms with Gasteiger partial charge in [-0.1, -0.05) is 0 Å². The summed E-state index contributed by atoms with van der Waals surface area (Å²) in [4.78, 5) is 16.5. The van der Waals surface area contributed by atoms with E-state index in [2.05, 4.69) is 37.9 Å². The van der Waals surface area contributed by atoms with Crippen molar-refractivity contribution in [2.45, 2.75) is 13.1 Å². The van der Waals surface area contributed by atoms with Gasteiger partial charge in [-0.25, -0.2) is 4.39 Å². The smallest absolute Gasteiger partial charge is 0.274 e. The Hall–Kier alpha value is -1.35. The van der Waals surface area contributed by atoms with E-state index in [-0.39, 0.29) is 5.69 Å². The molecule has 8 heteroatoms. The highest BCUT2D eigenvalue weighted by molar-refractivity contribution is 9.11. The summed E-state index contributed by atoms with van der Waals surface area (Å²) < 4.78 is 14.6. The van der Waals surface area contributed by atoms with Gasteiger partial charge in [-0.3, -0.25) is 19.9 Å². The maximum absolute atomic E-state index is 13.4. The summed E-state index contributed by atoms with van der Waals surface area (Å²) in [5, 5.41) is 11.1. The number of benzene rings is 1. The van der Waals surface area contributed by atoms with Crippen LogP contribution in [0.2, 0.25) is 0 Å². The van der Waals surface area contributed by atoms with Crippen molar-refractivity contribution < 1.29 is 9.31 Å². The standard InChI is InChI=1S/C16H17BrFN3O2S/c17-16-4-2-14(24-16)11-20-7-5-19(6-8-20)10-12-9-13(18)1-3-15(12)21(22)23/h1-4,9H,5-8,10-11H2. The molecule has 0 spiro atoms. The van der Waals surface area contributed by atoms with E-state index in [1.165, 1.54) is 17.0 Å². The fourth-order valence-electron chi connectivity index (χ4n) is 2.86. The van der Waals surface area contributed by atoms with Crippen LogP contribution in [0.3, 0.4) is 0 Å². The maximum Gasteiger partial charge on any atom is 0.274 e. The normalized spacial score (nSPS) is 16.4. The van der Waals surface area contributed by atoms with Gasteiger partial charge in [0.05, 0.1) is 8.71 Å². The molecule has 0 bridgehead atoms. The second kappa shape index (κ2) is 7.69. The molecule has 2 aromatic rings. The van der Waals surface area contributed by atoms with Crippen molar-refractivity contribution in [3.8, 4) is 0 Å². The third-order valence-electron chi connectivity index (χ3n) is 4.11. The zero-order valence-corrected chi connectivity index (χ0v) is 15.4. The van der Waals surface area contributed by atoms with E-state index in [0.29, 0.717) is 12.1 Å². The van der Waals surface area contributed by atoms with Crippen LogP contribution in [0, 0.1) is 15.9 Å². The molecule has 1 fully saturated rings. The van der Waals surface area contributed by atoms with Crippen molar-refractivity contribution in [2.75, 3.05) is 26.2 Å². The van der Waals surface area contributed by atoms with Gasteiger partial charge in [0.2, 0.25) is 0 Å². The van der Waals surface area contributed by atoms with Gasteiger partial charge in [-0.2, -0.15) is 0 Å². The lowest BCUT2D eigenvalue weighted by Gasteiger charge is -2.34. The van der Waals surface area contributed by atoms with Crippen LogP contribution >= 0.6 is 27.3 Å². The molecule has 3 rings (SSSR count). The Kier molecular flexibility index (Phi) is 5.60. The summed E-state index contributed by atoms with van der Waals surface area (Å²) >= 11 is 5.21. The van der Waals surface area contributed by atoms with E-state index in [4.69, 9.17) is 0 Å². The minimum atomic E-state index is -0.445. The lowest BCUT2D eigenvalue weighted by Crippen LogP contribution is -2.45. The van der Waals surface area contributed by atoms with Gasteiger partial charge in [0.15, 0.2) is 0 Å². The molecule has 0 N–H and O–H groups in total. The van der Waals surface area contributed by atoms with E-state index in [0.717, 1.165) is 42.6 Å². The Morgan fingerprint density at radius 3 is 2.38 bits per heavy atom. The van der Waals surface area contributed by atoms with Gasteiger partial charge >= 0.3 is 0 Å². The Balaban J connectivity index is 1.57. The second-order valence-corrected chi connectivity index (χ2v) is 8.34. The average Bonchev–Trinajstić information content (AvgIpc) is 2.94. The van der Waals surface area contributed by atoms with Crippen molar-refractivity contribution in [1.82, 2.24) is 9.80 Å². The maximum atomic E-state index is 13.4. The van der Waals surface area contributed by atoms with Crippen molar-refractivity contribution in [3.63, 3.8) is 0 Å². The molecule has 128 valence electrons.